The van der Waals surface area contributed by atoms with Crippen molar-refractivity contribution in [1.82, 2.24) is 19.5 Å². The van der Waals surface area contributed by atoms with Crippen LogP contribution in [0.1, 0.15) is 36.8 Å². The van der Waals surface area contributed by atoms with E-state index in [-0.39, 0.29) is 35.5 Å². The molecule has 4 atom stereocenters. The lowest BCUT2D eigenvalue weighted by Crippen LogP contribution is -2.39. The van der Waals surface area contributed by atoms with Gasteiger partial charge in [0.1, 0.15) is 35.4 Å². The van der Waals surface area contributed by atoms with Crippen LogP contribution in [0, 0.1) is 5.92 Å². The maximum absolute atomic E-state index is 12.8. The molecule has 1 amide bonds. The number of methoxy groups -OCH3 is 2. The Hall–Kier alpha value is -5.08. The van der Waals surface area contributed by atoms with Crippen molar-refractivity contribution in [3.05, 3.63) is 112 Å². The Balaban J connectivity index is 1.36. The number of nitrogens with zero attached hydrogens (tertiary/aromatic N) is 3. The first-order valence-corrected chi connectivity index (χ1v) is 15.4. The number of fused-ring (bicyclic) bond motifs is 1. The van der Waals surface area contributed by atoms with Crippen LogP contribution in [0.15, 0.2) is 90.0 Å². The van der Waals surface area contributed by atoms with Crippen molar-refractivity contribution in [2.24, 2.45) is 5.92 Å². The zero-order chi connectivity index (χ0) is 34.0. The molecule has 0 spiro atoms. The number of aromatic nitrogens is 4. The lowest BCUT2D eigenvalue weighted by Gasteiger charge is -2.37. The lowest BCUT2D eigenvalue weighted by molar-refractivity contribution is -0.118. The Bertz CT molecular complexity index is 1880. The van der Waals surface area contributed by atoms with Crippen molar-refractivity contribution in [2.75, 3.05) is 26.1 Å². The van der Waals surface area contributed by atoms with Gasteiger partial charge in [0.05, 0.1) is 27.2 Å². The molecular weight excluding hydrogens is 624 g/mol. The fourth-order valence-corrected chi connectivity index (χ4v) is 5.81. The second-order valence-electron chi connectivity index (χ2n) is 11.7. The predicted molar refractivity (Wildman–Crippen MR) is 176 cm³/mol. The van der Waals surface area contributed by atoms with Gasteiger partial charge in [-0.3, -0.25) is 24.5 Å². The normalized spacial score (nSPS) is 19.5. The number of ether oxygens (including phenoxy) is 4. The second kappa shape index (κ2) is 13.6. The molecule has 3 heterocycles. The summed E-state index contributed by atoms with van der Waals surface area (Å²) in [7, 11) is 3.19. The maximum Gasteiger partial charge on any atom is 0.280 e. The molecular formula is C35H37N5O8. The van der Waals surface area contributed by atoms with Gasteiger partial charge in [0.25, 0.3) is 5.56 Å². The largest absolute Gasteiger partial charge is 0.497 e. The van der Waals surface area contributed by atoms with Gasteiger partial charge in [-0.05, 0) is 41.0 Å². The number of aliphatic hydroxyl groups excluding tert-OH is 2. The minimum Gasteiger partial charge on any atom is -0.497 e. The molecule has 1 fully saturated rings. The number of amides is 1. The quantitative estimate of drug-likeness (QED) is 0.0936. The van der Waals surface area contributed by atoms with E-state index >= 15 is 0 Å². The highest BCUT2D eigenvalue weighted by Gasteiger charge is 2.47. The van der Waals surface area contributed by atoms with E-state index in [0.29, 0.717) is 11.5 Å². The van der Waals surface area contributed by atoms with Gasteiger partial charge in [-0.15, -0.1) is 0 Å². The van der Waals surface area contributed by atoms with Crippen LogP contribution in [0.2, 0.25) is 0 Å². The average Bonchev–Trinajstić information content (AvgIpc) is 3.66. The molecule has 4 N–H and O–H groups in total. The van der Waals surface area contributed by atoms with Crippen molar-refractivity contribution in [2.45, 2.75) is 44.0 Å². The van der Waals surface area contributed by atoms with Gasteiger partial charge >= 0.3 is 0 Å². The molecule has 1 aliphatic rings. The van der Waals surface area contributed by atoms with Gasteiger partial charge < -0.3 is 29.2 Å². The van der Waals surface area contributed by atoms with Crippen molar-refractivity contribution >= 4 is 23.0 Å². The van der Waals surface area contributed by atoms with Gasteiger partial charge in [-0.1, -0.05) is 68.4 Å². The number of imidazole rings is 1. The van der Waals surface area contributed by atoms with Gasteiger partial charge in [-0.25, -0.2) is 4.98 Å². The van der Waals surface area contributed by atoms with Gasteiger partial charge in [0, 0.05) is 5.92 Å². The second-order valence-corrected chi connectivity index (χ2v) is 11.7. The summed E-state index contributed by atoms with van der Waals surface area (Å²) in [5.74, 6) is 0.563. The van der Waals surface area contributed by atoms with Crippen LogP contribution in [0.4, 0.5) is 5.95 Å². The van der Waals surface area contributed by atoms with E-state index in [1.165, 1.54) is 10.9 Å². The zero-order valence-electron chi connectivity index (χ0n) is 26.9. The molecule has 13 heteroatoms. The van der Waals surface area contributed by atoms with E-state index in [4.69, 9.17) is 18.9 Å². The van der Waals surface area contributed by atoms with Crippen molar-refractivity contribution < 1.29 is 34.0 Å². The standard InChI is InChI=1S/C35H37N5O8/c1-20(2)31(43)38-34-37-30-27(32(44)39-34)36-19-40(30)33-29(42)28(41)26(48-33)18-47-35(21-8-6-5-7-9-21,22-10-14-24(45-3)15-11-22)23-12-16-25(46-4)17-13-23/h5-17,19-20,26,28-29,33,41-42H,18H2,1-4H3,(H2,37,38,39,43,44)/t26-,28-,29-,33-/m1/s1/i18+1,26+1,28+1,29+1,33+1,38+1. The van der Waals surface area contributed by atoms with E-state index in [0.717, 1.165) is 16.7 Å². The number of hydrogen-bond donors (Lipinski definition) is 4. The van der Waals surface area contributed by atoms with Crippen LogP contribution in [0.3, 0.4) is 0 Å². The third kappa shape index (κ3) is 6.04. The monoisotopic (exact) mass is 661 g/mol. The van der Waals surface area contributed by atoms with E-state index < -0.39 is 35.7 Å². The van der Waals surface area contributed by atoms with Crippen LogP contribution in [-0.4, -0.2) is 74.8 Å². The van der Waals surface area contributed by atoms with Crippen LogP contribution < -0.4 is 20.3 Å². The summed E-state index contributed by atoms with van der Waals surface area (Å²) in [4.78, 5) is 36.1. The molecule has 0 saturated carbocycles. The maximum atomic E-state index is 12.8. The lowest BCUT2D eigenvalue weighted by atomic mass is 9.80. The number of hydrogen-bond acceptors (Lipinski definition) is 10. The topological polar surface area (TPSA) is 170 Å². The Morgan fingerprint density at radius 1 is 0.938 bits per heavy atom. The SMILES string of the molecule is COc1ccc(C(O[13CH2][13C@H]2O[13C@@H](n3cnc4c(=O)[nH]c([15NH]C(=O)C(C)C)nc43)[13C@H](O)[13C@@H]2O)(c2ccccc2)c2ccc(OC)cc2)cc1. The number of rotatable bonds is 11. The summed E-state index contributed by atoms with van der Waals surface area (Å²) in [6, 6.07) is 24.7. The first-order valence-electron chi connectivity index (χ1n) is 15.4. The number of anilines is 1. The van der Waals surface area contributed by atoms with Crippen molar-refractivity contribution in [3.63, 3.8) is 0 Å². The smallest absolute Gasteiger partial charge is 0.280 e. The molecule has 13 nitrogen and oxygen atoms in total. The number of aliphatic hydroxyl groups is 2. The third-order valence-electron chi connectivity index (χ3n) is 8.45. The van der Waals surface area contributed by atoms with E-state index in [2.05, 4.69) is 20.3 Å². The van der Waals surface area contributed by atoms with Crippen molar-refractivity contribution in [1.29, 1.82) is 0 Å². The molecule has 0 unspecified atom stereocenters. The Morgan fingerprint density at radius 2 is 1.52 bits per heavy atom. The highest BCUT2D eigenvalue weighted by atomic mass is 16.8. The number of H-pyrrole nitrogens is 1. The molecule has 0 radical (unpaired) electrons. The summed E-state index contributed by atoms with van der Waals surface area (Å²) in [6.45, 7) is 3.26. The minimum absolute atomic E-state index is 0.0235. The first kappa shape index (κ1) is 32.8. The summed E-state index contributed by atoms with van der Waals surface area (Å²) in [5, 5.41) is 25.1. The summed E-state index contributed by atoms with van der Waals surface area (Å²) < 4.78 is 25.3. The number of benzene rings is 3. The van der Waals surface area contributed by atoms with Crippen LogP contribution >= 0.6 is 0 Å². The average molecular weight is 662 g/mol. The van der Waals surface area contributed by atoms with Gasteiger partial charge in [0.15, 0.2) is 17.4 Å². The third-order valence-corrected chi connectivity index (χ3v) is 8.45. The van der Waals surface area contributed by atoms with Gasteiger partial charge in [0.2, 0.25) is 11.9 Å². The molecule has 0 bridgehead atoms. The molecule has 1 saturated heterocycles. The molecule has 3 aromatic carbocycles. The molecule has 6 rings (SSSR count). The molecule has 0 aliphatic carbocycles. The molecule has 250 valence electrons. The summed E-state index contributed by atoms with van der Waals surface area (Å²) in [5.41, 5.74) is 0.637. The van der Waals surface area contributed by atoms with E-state index in [9.17, 15) is 19.8 Å². The molecule has 48 heavy (non-hydrogen) atoms. The van der Waals surface area contributed by atoms with Crippen LogP contribution in [-0.2, 0) is 19.9 Å². The van der Waals surface area contributed by atoms with E-state index in [1.54, 1.807) is 28.1 Å². The molecule has 2 aromatic heterocycles. The highest BCUT2D eigenvalue weighted by molar-refractivity contribution is 5.91. The number of aromatic amines is 1. The summed E-state index contributed by atoms with van der Waals surface area (Å²) in [6.07, 6.45) is -3.69. The highest BCUT2D eigenvalue weighted by Crippen LogP contribution is 2.43. The Kier molecular flexibility index (Phi) is 9.29. The number of carbonyl (C=O) groups is 1. The van der Waals surface area contributed by atoms with E-state index in [1.807, 2.05) is 78.9 Å². The Morgan fingerprint density at radius 3 is 2.08 bits per heavy atom. The van der Waals surface area contributed by atoms with Gasteiger partial charge in [-0.2, -0.15) is 4.98 Å². The number of nitrogens with one attached hydrogen (secondary N) is 2. The Labute approximate surface area is 276 Å². The minimum atomic E-state index is -1.43. The number of carbonyl (C=O) groups excluding carboxylic acids is 1. The zero-order valence-corrected chi connectivity index (χ0v) is 26.9. The molecule has 5 aromatic rings. The predicted octanol–water partition coefficient (Wildman–Crippen LogP) is 3.36. The fourth-order valence-electron chi connectivity index (χ4n) is 5.81. The summed E-state index contributed by atoms with van der Waals surface area (Å²) >= 11 is 0. The van der Waals surface area contributed by atoms with Crippen molar-refractivity contribution in [3.8, 4) is 11.5 Å². The first-order chi connectivity index (χ1) is 23.2. The van der Waals surface area contributed by atoms with Crippen LogP contribution in [0.5, 0.6) is 11.5 Å². The van der Waals surface area contributed by atoms with Crippen LogP contribution in [0.25, 0.3) is 11.2 Å². The fraction of sp³-hybridized carbons (Fsp3) is 0.314. The molecule has 1 aliphatic heterocycles.